The van der Waals surface area contributed by atoms with Crippen molar-refractivity contribution in [1.82, 2.24) is 9.55 Å². The number of fused-ring (bicyclic) bond motifs is 1. The monoisotopic (exact) mass is 230 g/mol. The number of ether oxygens (including phenoxy) is 1. The highest BCUT2D eigenvalue weighted by Gasteiger charge is 2.08. The summed E-state index contributed by atoms with van der Waals surface area (Å²) in [4.78, 5) is 4.26. The molecule has 0 spiro atoms. The van der Waals surface area contributed by atoms with Gasteiger partial charge in [0.2, 0.25) is 5.95 Å². The lowest BCUT2D eigenvalue weighted by Gasteiger charge is -2.05. The van der Waals surface area contributed by atoms with Gasteiger partial charge < -0.3 is 15.0 Å². The Hall–Kier alpha value is -2.06. The van der Waals surface area contributed by atoms with Crippen LogP contribution in [0, 0.1) is 11.3 Å². The topological polar surface area (TPSA) is 76.9 Å². The highest BCUT2D eigenvalue weighted by molar-refractivity contribution is 5.79. The summed E-state index contributed by atoms with van der Waals surface area (Å²) < 4.78 is 6.92. The molecule has 5 heteroatoms. The fourth-order valence-corrected chi connectivity index (χ4v) is 1.81. The molecule has 2 N–H and O–H groups in total. The van der Waals surface area contributed by atoms with Crippen LogP contribution in [-0.4, -0.2) is 23.3 Å². The van der Waals surface area contributed by atoms with Crippen molar-refractivity contribution in [3.63, 3.8) is 0 Å². The Morgan fingerprint density at radius 2 is 2.35 bits per heavy atom. The number of hydrogen-bond donors (Lipinski definition) is 1. The quantitative estimate of drug-likeness (QED) is 0.808. The normalized spacial score (nSPS) is 10.6. The number of benzene rings is 1. The number of aromatic nitrogens is 2. The summed E-state index contributed by atoms with van der Waals surface area (Å²) in [6.07, 6.45) is 0.864. The highest BCUT2D eigenvalue weighted by Crippen LogP contribution is 2.19. The molecule has 2 rings (SSSR count). The third-order valence-electron chi connectivity index (χ3n) is 2.64. The molecular formula is C12H14N4O. The lowest BCUT2D eigenvalue weighted by molar-refractivity contribution is 0.191. The lowest BCUT2D eigenvalue weighted by atomic mass is 10.2. The molecule has 0 aliphatic rings. The number of rotatable bonds is 4. The first-order chi connectivity index (χ1) is 8.26. The van der Waals surface area contributed by atoms with E-state index < -0.39 is 0 Å². The molecule has 0 saturated heterocycles. The summed E-state index contributed by atoms with van der Waals surface area (Å²) in [5.74, 6) is 0.478. The zero-order chi connectivity index (χ0) is 12.3. The smallest absolute Gasteiger partial charge is 0.201 e. The molecule has 0 fully saturated rings. The molecule has 0 radical (unpaired) electrons. The standard InChI is InChI=1S/C12H14N4O/c1-17-6-2-5-16-11-7-9(8-13)3-4-10(11)15-12(16)14/h3-4,7H,2,5-6H2,1H3,(H2,14,15). The van der Waals surface area contributed by atoms with E-state index in [1.165, 1.54) is 0 Å². The zero-order valence-corrected chi connectivity index (χ0v) is 9.68. The van der Waals surface area contributed by atoms with Crippen molar-refractivity contribution in [3.05, 3.63) is 23.8 Å². The Balaban J connectivity index is 2.39. The molecule has 0 unspecified atom stereocenters. The van der Waals surface area contributed by atoms with Crippen molar-refractivity contribution >= 4 is 17.0 Å². The van der Waals surface area contributed by atoms with E-state index in [0.717, 1.165) is 24.0 Å². The number of anilines is 1. The molecule has 1 aromatic carbocycles. The Bertz CT molecular complexity index is 568. The summed E-state index contributed by atoms with van der Waals surface area (Å²) >= 11 is 0. The van der Waals surface area contributed by atoms with Gasteiger partial charge in [-0.2, -0.15) is 5.26 Å². The van der Waals surface area contributed by atoms with Gasteiger partial charge in [-0.25, -0.2) is 4.98 Å². The number of nitrogens with two attached hydrogens (primary N) is 1. The van der Waals surface area contributed by atoms with E-state index in [4.69, 9.17) is 15.7 Å². The molecule has 0 aliphatic carbocycles. The van der Waals surface area contributed by atoms with Crippen LogP contribution in [0.15, 0.2) is 18.2 Å². The SMILES string of the molecule is COCCCn1c(N)nc2ccc(C#N)cc21. The molecule has 2 aromatic rings. The van der Waals surface area contributed by atoms with Gasteiger partial charge >= 0.3 is 0 Å². The summed E-state index contributed by atoms with van der Waals surface area (Å²) in [5, 5.41) is 8.88. The molecule has 17 heavy (non-hydrogen) atoms. The Morgan fingerprint density at radius 1 is 1.53 bits per heavy atom. The van der Waals surface area contributed by atoms with Crippen LogP contribution in [-0.2, 0) is 11.3 Å². The van der Waals surface area contributed by atoms with Crippen LogP contribution in [0.2, 0.25) is 0 Å². The van der Waals surface area contributed by atoms with Gasteiger partial charge in [-0.1, -0.05) is 0 Å². The van der Waals surface area contributed by atoms with Gasteiger partial charge in [0, 0.05) is 20.3 Å². The Morgan fingerprint density at radius 3 is 3.06 bits per heavy atom. The van der Waals surface area contributed by atoms with Crippen LogP contribution in [0.25, 0.3) is 11.0 Å². The van der Waals surface area contributed by atoms with Crippen molar-refractivity contribution in [2.24, 2.45) is 0 Å². The summed E-state index contributed by atoms with van der Waals surface area (Å²) in [5.41, 5.74) is 8.19. The van der Waals surface area contributed by atoms with Crippen LogP contribution in [0.4, 0.5) is 5.95 Å². The zero-order valence-electron chi connectivity index (χ0n) is 9.68. The molecule has 0 saturated carbocycles. The fraction of sp³-hybridized carbons (Fsp3) is 0.333. The maximum Gasteiger partial charge on any atom is 0.201 e. The van der Waals surface area contributed by atoms with Gasteiger partial charge in [0.1, 0.15) is 0 Å². The Labute approximate surface area is 99.4 Å². The molecular weight excluding hydrogens is 216 g/mol. The van der Waals surface area contributed by atoms with E-state index in [9.17, 15) is 0 Å². The van der Waals surface area contributed by atoms with Gasteiger partial charge in [0.15, 0.2) is 0 Å². The second-order valence-corrected chi connectivity index (χ2v) is 3.78. The second-order valence-electron chi connectivity index (χ2n) is 3.78. The van der Waals surface area contributed by atoms with Crippen LogP contribution in [0.5, 0.6) is 0 Å². The number of methoxy groups -OCH3 is 1. The van der Waals surface area contributed by atoms with Gasteiger partial charge in [0.25, 0.3) is 0 Å². The number of hydrogen-bond acceptors (Lipinski definition) is 4. The maximum atomic E-state index is 8.88. The number of nitrogens with zero attached hydrogens (tertiary/aromatic N) is 3. The molecule has 1 heterocycles. The van der Waals surface area contributed by atoms with Crippen molar-refractivity contribution in [1.29, 1.82) is 5.26 Å². The maximum absolute atomic E-state index is 8.88. The van der Waals surface area contributed by atoms with E-state index in [0.29, 0.717) is 18.1 Å². The van der Waals surface area contributed by atoms with E-state index in [-0.39, 0.29) is 0 Å². The van der Waals surface area contributed by atoms with Gasteiger partial charge in [-0.15, -0.1) is 0 Å². The highest BCUT2D eigenvalue weighted by atomic mass is 16.5. The van der Waals surface area contributed by atoms with Crippen LogP contribution in [0.1, 0.15) is 12.0 Å². The number of nitrogen functional groups attached to an aromatic ring is 1. The van der Waals surface area contributed by atoms with Gasteiger partial charge in [-0.3, -0.25) is 0 Å². The molecule has 0 amide bonds. The largest absolute Gasteiger partial charge is 0.385 e. The predicted octanol–water partition coefficient (Wildman–Crippen LogP) is 1.53. The first kappa shape index (κ1) is 11.4. The van der Waals surface area contributed by atoms with Crippen molar-refractivity contribution < 1.29 is 4.74 Å². The van der Waals surface area contributed by atoms with Gasteiger partial charge in [0.05, 0.1) is 22.7 Å². The average molecular weight is 230 g/mol. The fourth-order valence-electron chi connectivity index (χ4n) is 1.81. The number of aryl methyl sites for hydroxylation is 1. The van der Waals surface area contributed by atoms with E-state index >= 15 is 0 Å². The van der Waals surface area contributed by atoms with Crippen molar-refractivity contribution in [3.8, 4) is 6.07 Å². The summed E-state index contributed by atoms with van der Waals surface area (Å²) in [6, 6.07) is 7.49. The van der Waals surface area contributed by atoms with E-state index in [1.807, 2.05) is 16.7 Å². The first-order valence-corrected chi connectivity index (χ1v) is 5.41. The van der Waals surface area contributed by atoms with Crippen LogP contribution >= 0.6 is 0 Å². The van der Waals surface area contributed by atoms with E-state index in [1.54, 1.807) is 13.2 Å². The molecule has 5 nitrogen and oxygen atoms in total. The van der Waals surface area contributed by atoms with Crippen molar-refractivity contribution in [2.45, 2.75) is 13.0 Å². The molecule has 0 aliphatic heterocycles. The molecule has 0 bridgehead atoms. The third-order valence-corrected chi connectivity index (χ3v) is 2.64. The third kappa shape index (κ3) is 2.22. The van der Waals surface area contributed by atoms with Crippen LogP contribution < -0.4 is 5.73 Å². The molecule has 0 atom stereocenters. The second kappa shape index (κ2) is 4.85. The van der Waals surface area contributed by atoms with Crippen molar-refractivity contribution in [2.75, 3.05) is 19.5 Å². The molecule has 1 aromatic heterocycles. The minimum absolute atomic E-state index is 0.478. The predicted molar refractivity (Wildman–Crippen MR) is 65.4 cm³/mol. The summed E-state index contributed by atoms with van der Waals surface area (Å²) in [7, 11) is 1.67. The number of nitriles is 1. The minimum Gasteiger partial charge on any atom is -0.385 e. The minimum atomic E-state index is 0.478. The average Bonchev–Trinajstić information content (AvgIpc) is 2.65. The van der Waals surface area contributed by atoms with Gasteiger partial charge in [-0.05, 0) is 24.6 Å². The van der Waals surface area contributed by atoms with E-state index in [2.05, 4.69) is 11.1 Å². The van der Waals surface area contributed by atoms with Crippen LogP contribution in [0.3, 0.4) is 0 Å². The summed E-state index contributed by atoms with van der Waals surface area (Å²) in [6.45, 7) is 1.42. The number of imidazole rings is 1. The Kier molecular flexibility index (Phi) is 3.26. The molecule has 88 valence electrons. The lowest BCUT2D eigenvalue weighted by Crippen LogP contribution is -2.05. The first-order valence-electron chi connectivity index (χ1n) is 5.41.